The number of hydrogen-bond donors (Lipinski definition) is 0. The summed E-state index contributed by atoms with van der Waals surface area (Å²) in [7, 11) is -2.56. The van der Waals surface area contributed by atoms with Crippen molar-refractivity contribution in [2.45, 2.75) is 90.9 Å². The minimum Gasteiger partial charge on any atom is -0.455 e. The van der Waals surface area contributed by atoms with Gasteiger partial charge in [0.2, 0.25) is 6.29 Å². The van der Waals surface area contributed by atoms with E-state index in [2.05, 4.69) is 0 Å². The van der Waals surface area contributed by atoms with E-state index in [-0.39, 0.29) is 44.4 Å². The molecule has 0 aromatic heterocycles. The molecule has 3 aliphatic heterocycles. The van der Waals surface area contributed by atoms with Gasteiger partial charge in [-0.3, -0.25) is 9.59 Å². The second kappa shape index (κ2) is 17.2. The third kappa shape index (κ3) is 14.0. The van der Waals surface area contributed by atoms with E-state index in [0.29, 0.717) is 32.1 Å². The number of hydrogen-bond acceptors (Lipinski definition) is 13. The first-order valence-corrected chi connectivity index (χ1v) is 19.7. The van der Waals surface area contributed by atoms with Crippen LogP contribution in [-0.2, 0) is 61.4 Å². The van der Waals surface area contributed by atoms with Crippen LogP contribution in [0, 0.1) is 5.92 Å². The molecule has 3 fully saturated rings. The van der Waals surface area contributed by atoms with Crippen LogP contribution in [0.5, 0.6) is 0 Å². The van der Waals surface area contributed by atoms with Crippen molar-refractivity contribution in [2.24, 2.45) is 5.92 Å². The van der Waals surface area contributed by atoms with Gasteiger partial charge in [0.15, 0.2) is 18.2 Å². The fourth-order valence-electron chi connectivity index (χ4n) is 4.57. The molecular weight excluding hydrogens is 606 g/mol. The highest BCUT2D eigenvalue weighted by atomic mass is 31.2. The van der Waals surface area contributed by atoms with Gasteiger partial charge in [-0.15, -0.1) is 0 Å². The summed E-state index contributed by atoms with van der Waals surface area (Å²) in [5.41, 5.74) is 0. The van der Waals surface area contributed by atoms with Crippen molar-refractivity contribution in [3.8, 4) is 0 Å². The zero-order chi connectivity index (χ0) is 31.9. The lowest BCUT2D eigenvalue weighted by molar-refractivity contribution is -0.231. The van der Waals surface area contributed by atoms with E-state index in [1.807, 2.05) is 20.8 Å². The summed E-state index contributed by atoms with van der Waals surface area (Å²) in [5, 5.41) is 0. The molecule has 254 valence electrons. The van der Waals surface area contributed by atoms with Crippen molar-refractivity contribution in [1.82, 2.24) is 0 Å². The number of carbonyl (C=O) groups excluding carboxylic acids is 2. The Balaban J connectivity index is 0.000000422. The van der Waals surface area contributed by atoms with Gasteiger partial charge in [-0.2, -0.15) is 0 Å². The Hall–Kier alpha value is -0.880. The normalized spacial score (nSPS) is 31.4. The standard InChI is InChI=1S/C14H25O7P.C13H25O6P.CH4/c1-9-12(8-18-6-7-22(4,5)17)21-14(20-11(3)16)13(9)19-10(2)15;1-13(2)18-10-9(8-16-6-7-20(4,5)14)17-12(15-3)11(10)19-13;/h9,12-14H,6-8H2,1-5H3;9-12H,6-8H2,1-5H3;1H4/t9-,12-,13?,14?;9-,10-,11-,12?;/m11./s1. The Labute approximate surface area is 257 Å². The molecule has 0 aromatic carbocycles. The maximum atomic E-state index is 11.6. The first-order chi connectivity index (χ1) is 19.3. The fourth-order valence-corrected chi connectivity index (χ4v) is 5.71. The molecule has 43 heavy (non-hydrogen) atoms. The number of fused-ring (bicyclic) bond motifs is 1. The summed E-state index contributed by atoms with van der Waals surface area (Å²) in [6, 6.07) is 0. The molecule has 3 saturated heterocycles. The molecule has 15 heteroatoms. The summed E-state index contributed by atoms with van der Waals surface area (Å²) in [5.74, 6) is -1.77. The summed E-state index contributed by atoms with van der Waals surface area (Å²) < 4.78 is 72.8. The van der Waals surface area contributed by atoms with Crippen molar-refractivity contribution in [3.63, 3.8) is 0 Å². The van der Waals surface area contributed by atoms with Gasteiger partial charge in [-0.25, -0.2) is 0 Å². The summed E-state index contributed by atoms with van der Waals surface area (Å²) in [4.78, 5) is 22.3. The third-order valence-electron chi connectivity index (χ3n) is 6.72. The van der Waals surface area contributed by atoms with E-state index in [1.165, 1.54) is 13.8 Å². The fraction of sp³-hybridized carbons (Fsp3) is 0.929. The predicted molar refractivity (Wildman–Crippen MR) is 162 cm³/mol. The van der Waals surface area contributed by atoms with Gasteiger partial charge in [-0.05, 0) is 40.5 Å². The van der Waals surface area contributed by atoms with E-state index in [4.69, 9.17) is 42.6 Å². The number of esters is 2. The van der Waals surface area contributed by atoms with Crippen molar-refractivity contribution in [1.29, 1.82) is 0 Å². The highest BCUT2D eigenvalue weighted by Crippen LogP contribution is 2.39. The Morgan fingerprint density at radius 3 is 1.70 bits per heavy atom. The van der Waals surface area contributed by atoms with Gasteiger partial charge in [0.05, 0.1) is 46.8 Å². The molecule has 3 rings (SSSR count). The highest BCUT2D eigenvalue weighted by molar-refractivity contribution is 7.62. The van der Waals surface area contributed by atoms with Crippen LogP contribution in [0.15, 0.2) is 0 Å². The molecule has 0 amide bonds. The van der Waals surface area contributed by atoms with Gasteiger partial charge in [0.25, 0.3) is 0 Å². The maximum Gasteiger partial charge on any atom is 0.305 e. The van der Waals surface area contributed by atoms with Gasteiger partial charge < -0.3 is 51.8 Å². The van der Waals surface area contributed by atoms with E-state index >= 15 is 0 Å². The smallest absolute Gasteiger partial charge is 0.305 e. The molecule has 0 saturated carbocycles. The zero-order valence-corrected chi connectivity index (χ0v) is 28.4. The number of carbonyl (C=O) groups is 2. The molecule has 3 aliphatic rings. The summed E-state index contributed by atoms with van der Waals surface area (Å²) in [6.07, 6.45) is -1.94. The second-order valence-electron chi connectivity index (χ2n) is 12.2. The van der Waals surface area contributed by atoms with Gasteiger partial charge in [0.1, 0.15) is 18.3 Å². The van der Waals surface area contributed by atoms with Crippen molar-refractivity contribution < 1.29 is 61.4 Å². The lowest BCUT2D eigenvalue weighted by Gasteiger charge is -2.23. The molecule has 0 aromatic rings. The predicted octanol–water partition coefficient (Wildman–Crippen LogP) is 3.63. The van der Waals surface area contributed by atoms with E-state index in [9.17, 15) is 18.7 Å². The first kappa shape index (κ1) is 40.1. The van der Waals surface area contributed by atoms with Gasteiger partial charge in [0, 0.05) is 39.2 Å². The average Bonchev–Trinajstić information content (AvgIpc) is 3.42. The lowest BCUT2D eigenvalue weighted by Crippen LogP contribution is -2.34. The zero-order valence-electron chi connectivity index (χ0n) is 26.6. The molecule has 0 spiro atoms. The van der Waals surface area contributed by atoms with Crippen LogP contribution < -0.4 is 0 Å². The highest BCUT2D eigenvalue weighted by Gasteiger charge is 2.55. The molecular formula is C28H54O13P2. The Bertz CT molecular complexity index is 978. The lowest BCUT2D eigenvalue weighted by atomic mass is 10.0. The van der Waals surface area contributed by atoms with Crippen LogP contribution in [0.3, 0.4) is 0 Å². The van der Waals surface area contributed by atoms with Crippen LogP contribution in [0.2, 0.25) is 0 Å². The third-order valence-corrected chi connectivity index (χ3v) is 9.24. The molecule has 0 radical (unpaired) electrons. The van der Waals surface area contributed by atoms with E-state index in [1.54, 1.807) is 33.8 Å². The Morgan fingerprint density at radius 2 is 1.23 bits per heavy atom. The topological polar surface area (TPSA) is 151 Å². The minimum atomic E-state index is -2.11. The summed E-state index contributed by atoms with van der Waals surface area (Å²) >= 11 is 0. The molecule has 0 N–H and O–H groups in total. The van der Waals surface area contributed by atoms with Crippen LogP contribution in [0.1, 0.15) is 42.0 Å². The van der Waals surface area contributed by atoms with Crippen LogP contribution in [0.25, 0.3) is 0 Å². The molecule has 0 bridgehead atoms. The van der Waals surface area contributed by atoms with Gasteiger partial charge in [-0.1, -0.05) is 14.4 Å². The maximum absolute atomic E-state index is 11.6. The summed E-state index contributed by atoms with van der Waals surface area (Å²) in [6.45, 7) is 16.6. The van der Waals surface area contributed by atoms with E-state index < -0.39 is 50.7 Å². The van der Waals surface area contributed by atoms with Crippen LogP contribution in [-0.4, -0.2) is 133 Å². The Kier molecular flexibility index (Phi) is 16.0. The van der Waals surface area contributed by atoms with Crippen LogP contribution >= 0.6 is 14.3 Å². The van der Waals surface area contributed by atoms with Gasteiger partial charge >= 0.3 is 11.9 Å². The van der Waals surface area contributed by atoms with Crippen molar-refractivity contribution in [2.75, 3.05) is 72.5 Å². The molecule has 3 heterocycles. The van der Waals surface area contributed by atoms with Crippen molar-refractivity contribution >= 4 is 26.2 Å². The molecule has 3 unspecified atom stereocenters. The quantitative estimate of drug-likeness (QED) is 0.161. The second-order valence-corrected chi connectivity index (χ2v) is 19.4. The average molecular weight is 661 g/mol. The van der Waals surface area contributed by atoms with Crippen molar-refractivity contribution in [3.05, 3.63) is 0 Å². The molecule has 0 aliphatic carbocycles. The van der Waals surface area contributed by atoms with Crippen LogP contribution in [0.4, 0.5) is 0 Å². The monoisotopic (exact) mass is 660 g/mol. The minimum absolute atomic E-state index is 0. The first-order valence-electron chi connectivity index (χ1n) is 14.1. The Morgan fingerprint density at radius 1 is 0.767 bits per heavy atom. The number of ether oxygens (including phenoxy) is 9. The van der Waals surface area contributed by atoms with E-state index in [0.717, 1.165) is 0 Å². The largest absolute Gasteiger partial charge is 0.455 e. The number of methoxy groups -OCH3 is 1. The molecule has 13 nitrogen and oxygen atoms in total. The SMILES string of the molecule is C.CC(=O)OC1O[C@H](COCCP(C)(C)=O)[C@@H](C)C1OC(C)=O.COC1O[C@H](COCCP(C)(C)=O)[C@H]2OC(C)(C)O[C@@H]12. The number of rotatable bonds is 13. The molecule has 8 atom stereocenters.